The molecule has 18 heavy (non-hydrogen) atoms. The number of hydrogen-bond donors (Lipinski definition) is 1. The highest BCUT2D eigenvalue weighted by Gasteiger charge is 2.29. The maximum atomic E-state index is 10.6. The van der Waals surface area contributed by atoms with Gasteiger partial charge in [-0.25, -0.2) is 0 Å². The summed E-state index contributed by atoms with van der Waals surface area (Å²) in [6, 6.07) is 8.14. The van der Waals surface area contributed by atoms with E-state index < -0.39 is 0 Å². The number of aliphatic hydroxyl groups excluding tert-OH is 1. The van der Waals surface area contributed by atoms with Crippen molar-refractivity contribution in [2.24, 2.45) is 11.8 Å². The minimum Gasteiger partial charge on any atom is -0.388 e. The molecular formula is C16H19NO. The molecule has 1 aliphatic rings. The van der Waals surface area contributed by atoms with E-state index in [1.54, 1.807) is 6.20 Å². The zero-order chi connectivity index (χ0) is 12.5. The number of aromatic nitrogens is 1. The summed E-state index contributed by atoms with van der Waals surface area (Å²) in [5, 5.41) is 12.9. The van der Waals surface area contributed by atoms with Gasteiger partial charge in [0.1, 0.15) is 0 Å². The molecule has 0 spiro atoms. The molecule has 3 atom stereocenters. The van der Waals surface area contributed by atoms with E-state index in [0.717, 1.165) is 35.1 Å². The molecule has 1 heterocycles. The van der Waals surface area contributed by atoms with Gasteiger partial charge in [0, 0.05) is 17.8 Å². The van der Waals surface area contributed by atoms with Gasteiger partial charge in [0.2, 0.25) is 0 Å². The Labute approximate surface area is 108 Å². The van der Waals surface area contributed by atoms with Crippen LogP contribution in [0.15, 0.2) is 36.7 Å². The minimum absolute atomic E-state index is 0.345. The van der Waals surface area contributed by atoms with Crippen molar-refractivity contribution >= 4 is 10.8 Å². The van der Waals surface area contributed by atoms with Gasteiger partial charge >= 0.3 is 0 Å². The topological polar surface area (TPSA) is 33.1 Å². The summed E-state index contributed by atoms with van der Waals surface area (Å²) in [6.07, 6.45) is 6.84. The van der Waals surface area contributed by atoms with Crippen molar-refractivity contribution in [1.82, 2.24) is 4.98 Å². The first-order chi connectivity index (χ1) is 8.75. The minimum atomic E-state index is -0.345. The number of hydrogen-bond acceptors (Lipinski definition) is 2. The molecule has 2 nitrogen and oxygen atoms in total. The highest BCUT2D eigenvalue weighted by Crippen LogP contribution is 2.40. The van der Waals surface area contributed by atoms with Gasteiger partial charge in [-0.3, -0.25) is 4.98 Å². The summed E-state index contributed by atoms with van der Waals surface area (Å²) < 4.78 is 0. The molecule has 1 aliphatic carbocycles. The number of aliphatic hydroxyl groups is 1. The van der Waals surface area contributed by atoms with Crippen LogP contribution in [0.4, 0.5) is 0 Å². The molecule has 3 rings (SSSR count). The zero-order valence-corrected chi connectivity index (χ0v) is 10.7. The lowest BCUT2D eigenvalue weighted by Crippen LogP contribution is -2.10. The summed E-state index contributed by atoms with van der Waals surface area (Å²) >= 11 is 0. The highest BCUT2D eigenvalue weighted by atomic mass is 16.3. The van der Waals surface area contributed by atoms with Crippen LogP contribution in [0.1, 0.15) is 37.9 Å². The first-order valence-corrected chi connectivity index (χ1v) is 6.76. The lowest BCUT2D eigenvalue weighted by molar-refractivity contribution is 0.111. The summed E-state index contributed by atoms with van der Waals surface area (Å²) in [5.74, 6) is 1.16. The average Bonchev–Trinajstić information content (AvgIpc) is 2.84. The van der Waals surface area contributed by atoms with E-state index in [1.165, 1.54) is 6.42 Å². The van der Waals surface area contributed by atoms with Crippen LogP contribution in [-0.4, -0.2) is 10.1 Å². The normalized spacial score (nSPS) is 25.4. The van der Waals surface area contributed by atoms with Crippen LogP contribution in [0, 0.1) is 11.8 Å². The van der Waals surface area contributed by atoms with E-state index in [9.17, 15) is 5.11 Å². The van der Waals surface area contributed by atoms with Crippen LogP contribution in [-0.2, 0) is 0 Å². The number of nitrogens with zero attached hydrogens (tertiary/aromatic N) is 1. The second kappa shape index (κ2) is 4.69. The van der Waals surface area contributed by atoms with Crippen LogP contribution in [0.5, 0.6) is 0 Å². The number of rotatable bonds is 2. The second-order valence-corrected chi connectivity index (χ2v) is 5.57. The fourth-order valence-corrected chi connectivity index (χ4v) is 3.19. The molecule has 0 radical (unpaired) electrons. The zero-order valence-electron chi connectivity index (χ0n) is 10.7. The molecule has 1 aromatic heterocycles. The predicted molar refractivity (Wildman–Crippen MR) is 73.2 cm³/mol. The van der Waals surface area contributed by atoms with E-state index in [1.807, 2.05) is 24.4 Å². The summed E-state index contributed by atoms with van der Waals surface area (Å²) in [6.45, 7) is 2.28. The Morgan fingerprint density at radius 3 is 2.94 bits per heavy atom. The van der Waals surface area contributed by atoms with Crippen LogP contribution >= 0.6 is 0 Å². The van der Waals surface area contributed by atoms with Gasteiger partial charge in [0.05, 0.1) is 6.10 Å². The molecule has 1 fully saturated rings. The summed E-state index contributed by atoms with van der Waals surface area (Å²) in [5.41, 5.74) is 1.04. The van der Waals surface area contributed by atoms with Gasteiger partial charge in [-0.2, -0.15) is 0 Å². The van der Waals surface area contributed by atoms with Gasteiger partial charge < -0.3 is 5.11 Å². The quantitative estimate of drug-likeness (QED) is 0.869. The van der Waals surface area contributed by atoms with Crippen molar-refractivity contribution in [2.75, 3.05) is 0 Å². The van der Waals surface area contributed by atoms with Crippen molar-refractivity contribution in [2.45, 2.75) is 32.3 Å². The molecule has 0 bridgehead atoms. The number of fused-ring (bicyclic) bond motifs is 1. The van der Waals surface area contributed by atoms with Crippen LogP contribution in [0.25, 0.3) is 10.8 Å². The van der Waals surface area contributed by atoms with E-state index in [0.29, 0.717) is 5.92 Å². The van der Waals surface area contributed by atoms with Crippen LogP contribution in [0.3, 0.4) is 0 Å². The lowest BCUT2D eigenvalue weighted by Gasteiger charge is -2.20. The van der Waals surface area contributed by atoms with E-state index in [2.05, 4.69) is 18.0 Å². The standard InChI is InChI=1S/C16H19NO/c1-11-5-6-13(9-11)16(18)14-4-2-3-12-7-8-17-10-15(12)14/h2-4,7-8,10-11,13,16,18H,5-6,9H2,1H3. The van der Waals surface area contributed by atoms with E-state index >= 15 is 0 Å². The lowest BCUT2D eigenvalue weighted by atomic mass is 9.91. The van der Waals surface area contributed by atoms with Crippen molar-refractivity contribution < 1.29 is 5.11 Å². The third-order valence-corrected chi connectivity index (χ3v) is 4.22. The maximum Gasteiger partial charge on any atom is 0.0824 e. The molecule has 0 saturated heterocycles. The van der Waals surface area contributed by atoms with Crippen molar-refractivity contribution in [3.63, 3.8) is 0 Å². The fourth-order valence-electron chi connectivity index (χ4n) is 3.19. The monoisotopic (exact) mass is 241 g/mol. The van der Waals surface area contributed by atoms with Crippen LogP contribution < -0.4 is 0 Å². The summed E-state index contributed by atoms with van der Waals surface area (Å²) in [4.78, 5) is 4.19. The third kappa shape index (κ3) is 2.01. The highest BCUT2D eigenvalue weighted by molar-refractivity contribution is 5.85. The number of pyridine rings is 1. The molecule has 2 aromatic rings. The van der Waals surface area contributed by atoms with Crippen molar-refractivity contribution in [3.8, 4) is 0 Å². The first kappa shape index (κ1) is 11.7. The molecule has 1 aromatic carbocycles. The average molecular weight is 241 g/mol. The van der Waals surface area contributed by atoms with E-state index in [4.69, 9.17) is 0 Å². The van der Waals surface area contributed by atoms with Gasteiger partial charge in [0.15, 0.2) is 0 Å². The summed E-state index contributed by atoms with van der Waals surface area (Å²) in [7, 11) is 0. The smallest absolute Gasteiger partial charge is 0.0824 e. The Bertz CT molecular complexity index is 546. The van der Waals surface area contributed by atoms with E-state index in [-0.39, 0.29) is 6.10 Å². The molecule has 3 unspecified atom stereocenters. The Morgan fingerprint density at radius 1 is 1.28 bits per heavy atom. The predicted octanol–water partition coefficient (Wildman–Crippen LogP) is 3.70. The van der Waals surface area contributed by atoms with Crippen molar-refractivity contribution in [1.29, 1.82) is 0 Å². The Hall–Kier alpha value is -1.41. The number of benzene rings is 1. The SMILES string of the molecule is CC1CCC(C(O)c2cccc3ccncc23)C1. The Balaban J connectivity index is 1.98. The molecule has 1 N–H and O–H groups in total. The molecule has 0 amide bonds. The second-order valence-electron chi connectivity index (χ2n) is 5.57. The maximum absolute atomic E-state index is 10.6. The molecule has 2 heteroatoms. The van der Waals surface area contributed by atoms with Crippen LogP contribution in [0.2, 0.25) is 0 Å². The third-order valence-electron chi connectivity index (χ3n) is 4.22. The van der Waals surface area contributed by atoms with Crippen molar-refractivity contribution in [3.05, 3.63) is 42.2 Å². The molecule has 94 valence electrons. The van der Waals surface area contributed by atoms with Gasteiger partial charge in [-0.1, -0.05) is 31.5 Å². The molecular weight excluding hydrogens is 222 g/mol. The molecule has 0 aliphatic heterocycles. The van der Waals surface area contributed by atoms with Gasteiger partial charge in [-0.15, -0.1) is 0 Å². The fraction of sp³-hybridized carbons (Fsp3) is 0.438. The Kier molecular flexibility index (Phi) is 3.04. The largest absolute Gasteiger partial charge is 0.388 e. The first-order valence-electron chi connectivity index (χ1n) is 6.76. The van der Waals surface area contributed by atoms with Gasteiger partial charge in [-0.05, 0) is 41.7 Å². The Morgan fingerprint density at radius 2 is 2.17 bits per heavy atom. The molecule has 1 saturated carbocycles. The van der Waals surface area contributed by atoms with Gasteiger partial charge in [0.25, 0.3) is 0 Å².